The molecule has 0 N–H and O–H groups in total. The standard InChI is InChI=1S/3C36H18N4O2/c41-35-25-10-6-8-22-19(15-17-24(32(22)25)34-38-28-12-2-4-14-30(28)40(34)35)20-16-18-26-31-21(20)7-5-9-23(31)33-37-27-11-1-3-13-29(27)39(33)36(26)42;41-35-25-9-5-7-21-19(15-17-23(31(21)25)33-37-27-11-1-3-13-29(27)39(33)35)20-16-18-24-32-22(20)8-6-10-26(32)36(42)40-30-14-4-2-12-28(30)38-34(24)40;41-35-25-17-15-19(21-7-5-9-23(31(21)25)33-37-27-11-1-3-13-29(27)39(33)35)20-16-18-26-32-22(20)8-6-10-24(32)34-38-28-12-2-4-14-30(28)40(34)36(26)42/h3*1-18H. The van der Waals surface area contributed by atoms with Gasteiger partial charge in [0.25, 0.3) is 33.4 Å². The van der Waals surface area contributed by atoms with Gasteiger partial charge in [-0.15, -0.1) is 0 Å². The SMILES string of the molecule is O=c1c2ccc(-c3ccc4c(=O)n5c6ccccc6nc5c5cccc3c45)c3cccc(c32)c2nc3ccccc3n12.O=c1c2ccc(-c3ccc4c5c3cccc5c(=O)n3c5ccccc5nc43)c3cccc(c32)c2nc3ccccc3n12.O=c1c2cccc3c(-c4ccc5c6c4cccc6c(=O)n4c6ccccc6nc54)ccc(c32)c2nc3ccccc3n12. The lowest BCUT2D eigenvalue weighted by Gasteiger charge is -2.15. The number of nitrogens with zero attached hydrogens (tertiary/aromatic N) is 12. The van der Waals surface area contributed by atoms with Crippen molar-refractivity contribution >= 4 is 229 Å². The van der Waals surface area contributed by atoms with Crippen molar-refractivity contribution in [2.75, 3.05) is 0 Å². The van der Waals surface area contributed by atoms with Gasteiger partial charge < -0.3 is 0 Å². The fraction of sp³-hybridized carbons (Fsp3) is 0. The zero-order valence-corrected chi connectivity index (χ0v) is 66.0. The molecule has 18 heteroatoms. The molecule has 18 nitrogen and oxygen atoms in total. The summed E-state index contributed by atoms with van der Waals surface area (Å²) in [6.07, 6.45) is 0. The number of rotatable bonds is 3. The monoisotopic (exact) mass is 1610 g/mol. The first-order valence-corrected chi connectivity index (χ1v) is 41.6. The number of fused-ring (bicyclic) bond motifs is 24. The molecule has 0 unspecified atom stereocenters. The van der Waals surface area contributed by atoms with Crippen LogP contribution in [-0.4, -0.2) is 56.3 Å². The molecule has 0 atom stereocenters. The Kier molecular flexibility index (Phi) is 13.3. The Morgan fingerprint density at radius 1 is 0.135 bits per heavy atom. The third-order valence-corrected chi connectivity index (χ3v) is 26.5. The molecule has 0 saturated heterocycles. The highest BCUT2D eigenvalue weighted by atomic mass is 16.2. The summed E-state index contributed by atoms with van der Waals surface area (Å²) in [5, 5.41) is 20.9. The molecule has 12 aromatic heterocycles. The van der Waals surface area contributed by atoms with Gasteiger partial charge in [-0.1, -0.05) is 200 Å². The Bertz CT molecular complexity index is 9210. The summed E-state index contributed by atoms with van der Waals surface area (Å²) in [6, 6.07) is 107. The van der Waals surface area contributed by atoms with E-state index in [9.17, 15) is 28.8 Å². The number of benzene rings is 18. The third kappa shape index (κ3) is 8.80. The first-order chi connectivity index (χ1) is 62.1. The normalized spacial score (nSPS) is 12.5. The van der Waals surface area contributed by atoms with Gasteiger partial charge in [-0.05, 0) is 193 Å². The second-order valence-corrected chi connectivity index (χ2v) is 32.7. The van der Waals surface area contributed by atoms with Crippen molar-refractivity contribution in [1.82, 2.24) is 56.3 Å². The van der Waals surface area contributed by atoms with E-state index in [1.807, 2.05) is 255 Å². The molecular formula is C108H54N12O6. The van der Waals surface area contributed by atoms with Crippen LogP contribution in [0, 0.1) is 0 Å². The fourth-order valence-corrected chi connectivity index (χ4v) is 21.2. The number of imidazole rings is 6. The molecule has 126 heavy (non-hydrogen) atoms. The number of hydrogen-bond acceptors (Lipinski definition) is 12. The minimum atomic E-state index is -0.0738. The van der Waals surface area contributed by atoms with Crippen molar-refractivity contribution in [2.45, 2.75) is 0 Å². The fourth-order valence-electron chi connectivity index (χ4n) is 21.2. The first kappa shape index (κ1) is 68.2. The molecular weight excluding hydrogens is 1560 g/mol. The van der Waals surface area contributed by atoms with E-state index in [0.29, 0.717) is 66.2 Å². The van der Waals surface area contributed by atoms with Crippen molar-refractivity contribution in [1.29, 1.82) is 0 Å². The summed E-state index contributed by atoms with van der Waals surface area (Å²) in [5.41, 5.74) is 19.2. The minimum Gasteiger partial charge on any atom is -0.268 e. The number of aromatic nitrogens is 12. The predicted octanol–water partition coefficient (Wildman–Crippen LogP) is 21.5. The molecule has 0 aliphatic heterocycles. The van der Waals surface area contributed by atoms with E-state index in [0.717, 1.165) is 197 Å². The maximum absolute atomic E-state index is 13.9. The van der Waals surface area contributed by atoms with Crippen LogP contribution in [0.3, 0.4) is 0 Å². The van der Waals surface area contributed by atoms with Gasteiger partial charge >= 0.3 is 0 Å². The minimum absolute atomic E-state index is 0.0738. The van der Waals surface area contributed by atoms with Crippen molar-refractivity contribution < 1.29 is 0 Å². The van der Waals surface area contributed by atoms with E-state index in [-0.39, 0.29) is 33.4 Å². The van der Waals surface area contributed by atoms with E-state index in [2.05, 4.69) is 72.8 Å². The Balaban J connectivity index is 0.0000000961. The Morgan fingerprint density at radius 2 is 0.278 bits per heavy atom. The van der Waals surface area contributed by atoms with Gasteiger partial charge in [-0.2, -0.15) is 0 Å². The molecule has 30 aromatic rings. The van der Waals surface area contributed by atoms with E-state index in [1.54, 1.807) is 26.4 Å². The average Bonchev–Trinajstić information content (AvgIpc) is 1.40. The summed E-state index contributed by atoms with van der Waals surface area (Å²) < 4.78 is 10.4. The van der Waals surface area contributed by atoms with Crippen LogP contribution in [-0.2, 0) is 0 Å². The topological polar surface area (TPSA) is 206 Å². The van der Waals surface area contributed by atoms with Crippen LogP contribution in [0.25, 0.3) is 263 Å². The van der Waals surface area contributed by atoms with Gasteiger partial charge in [-0.3, -0.25) is 55.2 Å². The first-order valence-electron chi connectivity index (χ1n) is 41.6. The Hall–Kier alpha value is -17.6. The van der Waals surface area contributed by atoms with Gasteiger partial charge in [0.05, 0.1) is 66.2 Å². The summed E-state index contributed by atoms with van der Waals surface area (Å²) in [5.74, 6) is 0. The highest BCUT2D eigenvalue weighted by Crippen LogP contribution is 2.47. The van der Waals surface area contributed by atoms with E-state index in [4.69, 9.17) is 29.9 Å². The molecule has 0 fully saturated rings. The van der Waals surface area contributed by atoms with E-state index >= 15 is 0 Å². The zero-order valence-electron chi connectivity index (χ0n) is 66.0. The smallest absolute Gasteiger partial charge is 0.264 e. The molecule has 582 valence electrons. The van der Waals surface area contributed by atoms with Crippen molar-refractivity contribution in [3.63, 3.8) is 0 Å². The Labute approximate surface area is 704 Å². The molecule has 0 aliphatic rings. The molecule has 18 aromatic carbocycles. The maximum Gasteiger partial charge on any atom is 0.264 e. The lowest BCUT2D eigenvalue weighted by Crippen LogP contribution is -2.13. The van der Waals surface area contributed by atoms with Crippen LogP contribution < -0.4 is 33.4 Å². The van der Waals surface area contributed by atoms with Gasteiger partial charge in [0.2, 0.25) is 0 Å². The summed E-state index contributed by atoms with van der Waals surface area (Å²) >= 11 is 0. The zero-order chi connectivity index (χ0) is 83.1. The highest BCUT2D eigenvalue weighted by molar-refractivity contribution is 6.29. The van der Waals surface area contributed by atoms with Crippen molar-refractivity contribution in [2.24, 2.45) is 0 Å². The van der Waals surface area contributed by atoms with E-state index < -0.39 is 0 Å². The van der Waals surface area contributed by atoms with Crippen LogP contribution in [0.1, 0.15) is 0 Å². The lowest BCUT2D eigenvalue weighted by atomic mass is 9.90. The van der Waals surface area contributed by atoms with Crippen LogP contribution >= 0.6 is 0 Å². The molecule has 30 rings (SSSR count). The second kappa shape index (κ2) is 24.6. The van der Waals surface area contributed by atoms with Crippen LogP contribution in [0.5, 0.6) is 0 Å². The highest BCUT2D eigenvalue weighted by Gasteiger charge is 2.28. The van der Waals surface area contributed by atoms with Gasteiger partial charge in [0.1, 0.15) is 33.9 Å². The molecule has 0 spiro atoms. The number of pyridine rings is 6. The van der Waals surface area contributed by atoms with Crippen LogP contribution in [0.2, 0.25) is 0 Å². The summed E-state index contributed by atoms with van der Waals surface area (Å²) in [7, 11) is 0. The Morgan fingerprint density at radius 3 is 0.468 bits per heavy atom. The maximum atomic E-state index is 13.9. The molecule has 0 bridgehead atoms. The molecule has 0 aliphatic carbocycles. The summed E-state index contributed by atoms with van der Waals surface area (Å²) in [6.45, 7) is 0. The molecule has 12 heterocycles. The molecule has 0 amide bonds. The predicted molar refractivity (Wildman–Crippen MR) is 508 cm³/mol. The molecule has 0 radical (unpaired) electrons. The average molecular weight is 1620 g/mol. The number of para-hydroxylation sites is 12. The second-order valence-electron chi connectivity index (χ2n) is 32.7. The van der Waals surface area contributed by atoms with Gasteiger partial charge in [0, 0.05) is 97.0 Å². The third-order valence-electron chi connectivity index (χ3n) is 26.5. The van der Waals surface area contributed by atoms with Crippen LogP contribution in [0.4, 0.5) is 0 Å². The lowest BCUT2D eigenvalue weighted by molar-refractivity contribution is 1.19. The van der Waals surface area contributed by atoms with Crippen LogP contribution in [0.15, 0.2) is 356 Å². The largest absolute Gasteiger partial charge is 0.268 e. The van der Waals surface area contributed by atoms with Crippen molar-refractivity contribution in [3.05, 3.63) is 390 Å². The van der Waals surface area contributed by atoms with E-state index in [1.165, 1.54) is 0 Å². The van der Waals surface area contributed by atoms with Crippen molar-refractivity contribution in [3.8, 4) is 33.4 Å². The molecule has 0 saturated carbocycles. The van der Waals surface area contributed by atoms with Gasteiger partial charge in [-0.25, -0.2) is 29.9 Å². The quantitative estimate of drug-likeness (QED) is 0.162. The van der Waals surface area contributed by atoms with Gasteiger partial charge in [0.15, 0.2) is 0 Å². The number of hydrogen-bond donors (Lipinski definition) is 0. The summed E-state index contributed by atoms with van der Waals surface area (Å²) in [4.78, 5) is 112.